The zero-order valence-electron chi connectivity index (χ0n) is 9.75. The van der Waals surface area contributed by atoms with Crippen LogP contribution in [0.2, 0.25) is 0 Å². The summed E-state index contributed by atoms with van der Waals surface area (Å²) >= 11 is 9.46. The van der Waals surface area contributed by atoms with E-state index in [1.807, 2.05) is 30.0 Å². The van der Waals surface area contributed by atoms with Crippen molar-refractivity contribution < 1.29 is 4.79 Å². The molecular formula is C13H15BrClNO. The van der Waals surface area contributed by atoms with Crippen LogP contribution >= 0.6 is 27.5 Å². The molecule has 0 spiro atoms. The lowest BCUT2D eigenvalue weighted by Gasteiger charge is -2.29. The second-order valence-electron chi connectivity index (χ2n) is 4.48. The number of likely N-dealkylation sites (tertiary alicyclic amines) is 1. The van der Waals surface area contributed by atoms with Crippen LogP contribution < -0.4 is 0 Å². The summed E-state index contributed by atoms with van der Waals surface area (Å²) in [4.78, 5) is 14.2. The smallest absolute Gasteiger partial charge is 0.253 e. The van der Waals surface area contributed by atoms with Crippen LogP contribution in [0.5, 0.6) is 0 Å². The molecule has 0 aromatic heterocycles. The Morgan fingerprint density at radius 2 is 2.00 bits per heavy atom. The fraction of sp³-hybridized carbons (Fsp3) is 0.462. The summed E-state index contributed by atoms with van der Waals surface area (Å²) in [6.07, 6.45) is 1.78. The van der Waals surface area contributed by atoms with Crippen LogP contribution in [0.4, 0.5) is 0 Å². The van der Waals surface area contributed by atoms with Gasteiger partial charge in [-0.15, -0.1) is 11.6 Å². The van der Waals surface area contributed by atoms with Crippen LogP contribution in [0.25, 0.3) is 0 Å². The summed E-state index contributed by atoms with van der Waals surface area (Å²) in [5, 5.41) is 0.225. The number of aryl methyl sites for hydroxylation is 1. The van der Waals surface area contributed by atoms with Crippen molar-refractivity contribution in [2.24, 2.45) is 0 Å². The molecule has 1 aliphatic rings. The number of halogens is 2. The van der Waals surface area contributed by atoms with Crippen LogP contribution in [-0.2, 0) is 0 Å². The van der Waals surface area contributed by atoms with Gasteiger partial charge in [-0.2, -0.15) is 0 Å². The molecule has 1 aromatic rings. The minimum atomic E-state index is 0.109. The number of piperidine rings is 1. The van der Waals surface area contributed by atoms with E-state index in [2.05, 4.69) is 15.9 Å². The molecule has 17 heavy (non-hydrogen) atoms. The SMILES string of the molecule is Cc1cc(Br)cc(C(=O)N2CCC(Cl)CC2)c1. The number of benzene rings is 1. The van der Waals surface area contributed by atoms with Gasteiger partial charge < -0.3 is 4.90 Å². The Morgan fingerprint density at radius 1 is 1.35 bits per heavy atom. The average molecular weight is 317 g/mol. The highest BCUT2D eigenvalue weighted by Gasteiger charge is 2.22. The monoisotopic (exact) mass is 315 g/mol. The number of carbonyl (C=O) groups is 1. The summed E-state index contributed by atoms with van der Waals surface area (Å²) in [5.74, 6) is 0.109. The first-order chi connectivity index (χ1) is 8.06. The van der Waals surface area contributed by atoms with Crippen molar-refractivity contribution in [1.82, 2.24) is 4.90 Å². The molecule has 0 saturated carbocycles. The predicted octanol–water partition coefficient (Wildman–Crippen LogP) is 3.60. The number of hydrogen-bond donors (Lipinski definition) is 0. The molecule has 1 amide bonds. The van der Waals surface area contributed by atoms with Crippen molar-refractivity contribution in [2.75, 3.05) is 13.1 Å². The van der Waals surface area contributed by atoms with E-state index in [4.69, 9.17) is 11.6 Å². The zero-order chi connectivity index (χ0) is 12.4. The topological polar surface area (TPSA) is 20.3 Å². The highest BCUT2D eigenvalue weighted by Crippen LogP contribution is 2.20. The third-order valence-corrected chi connectivity index (χ3v) is 3.90. The van der Waals surface area contributed by atoms with Gasteiger partial charge in [0.1, 0.15) is 0 Å². The molecule has 1 saturated heterocycles. The molecule has 1 aromatic carbocycles. The van der Waals surface area contributed by atoms with Crippen LogP contribution in [0.15, 0.2) is 22.7 Å². The third-order valence-electron chi connectivity index (χ3n) is 3.00. The van der Waals surface area contributed by atoms with E-state index in [0.29, 0.717) is 0 Å². The number of hydrogen-bond acceptors (Lipinski definition) is 1. The van der Waals surface area contributed by atoms with E-state index >= 15 is 0 Å². The molecule has 1 heterocycles. The fourth-order valence-electron chi connectivity index (χ4n) is 2.09. The molecule has 92 valence electrons. The Hall–Kier alpha value is -0.540. The quantitative estimate of drug-likeness (QED) is 0.725. The van der Waals surface area contributed by atoms with Crippen molar-refractivity contribution in [3.8, 4) is 0 Å². The van der Waals surface area contributed by atoms with Gasteiger partial charge in [-0.05, 0) is 43.5 Å². The van der Waals surface area contributed by atoms with E-state index in [9.17, 15) is 4.79 Å². The van der Waals surface area contributed by atoms with E-state index in [0.717, 1.165) is 41.5 Å². The van der Waals surface area contributed by atoms with Gasteiger partial charge in [0.25, 0.3) is 5.91 Å². The van der Waals surface area contributed by atoms with E-state index in [-0.39, 0.29) is 11.3 Å². The first kappa shape index (κ1) is 12.9. The number of carbonyl (C=O) groups excluding carboxylic acids is 1. The van der Waals surface area contributed by atoms with Crippen LogP contribution in [0.3, 0.4) is 0 Å². The van der Waals surface area contributed by atoms with Crippen molar-refractivity contribution in [1.29, 1.82) is 0 Å². The minimum absolute atomic E-state index is 0.109. The van der Waals surface area contributed by atoms with Crippen LogP contribution in [0.1, 0.15) is 28.8 Å². The molecule has 0 N–H and O–H groups in total. The van der Waals surface area contributed by atoms with Gasteiger partial charge >= 0.3 is 0 Å². The lowest BCUT2D eigenvalue weighted by atomic mass is 10.1. The predicted molar refractivity (Wildman–Crippen MR) is 73.7 cm³/mol. The summed E-state index contributed by atoms with van der Waals surface area (Å²) in [6, 6.07) is 5.81. The maximum atomic E-state index is 12.3. The molecule has 2 rings (SSSR count). The molecule has 0 unspecified atom stereocenters. The Morgan fingerprint density at radius 3 is 2.59 bits per heavy atom. The number of amides is 1. The van der Waals surface area contributed by atoms with Gasteiger partial charge in [-0.25, -0.2) is 0 Å². The Bertz CT molecular complexity index is 407. The van der Waals surface area contributed by atoms with E-state index in [1.165, 1.54) is 0 Å². The van der Waals surface area contributed by atoms with Gasteiger partial charge in [0.05, 0.1) is 0 Å². The zero-order valence-corrected chi connectivity index (χ0v) is 12.1. The molecule has 0 bridgehead atoms. The van der Waals surface area contributed by atoms with Crippen LogP contribution in [-0.4, -0.2) is 29.3 Å². The maximum Gasteiger partial charge on any atom is 0.253 e. The van der Waals surface area contributed by atoms with Crippen LogP contribution in [0, 0.1) is 6.92 Å². The van der Waals surface area contributed by atoms with E-state index < -0.39 is 0 Å². The first-order valence-corrected chi connectivity index (χ1v) is 7.00. The summed E-state index contributed by atoms with van der Waals surface area (Å²) in [6.45, 7) is 3.52. The Labute approximate surface area is 115 Å². The van der Waals surface area contributed by atoms with E-state index in [1.54, 1.807) is 0 Å². The Balaban J connectivity index is 2.14. The van der Waals surface area contributed by atoms with Crippen molar-refractivity contribution in [2.45, 2.75) is 25.1 Å². The second-order valence-corrected chi connectivity index (χ2v) is 6.02. The molecule has 0 atom stereocenters. The minimum Gasteiger partial charge on any atom is -0.339 e. The highest BCUT2D eigenvalue weighted by atomic mass is 79.9. The fourth-order valence-corrected chi connectivity index (χ4v) is 2.90. The summed E-state index contributed by atoms with van der Waals surface area (Å²) in [7, 11) is 0. The summed E-state index contributed by atoms with van der Waals surface area (Å²) in [5.41, 5.74) is 1.85. The standard InChI is InChI=1S/C13H15BrClNO/c1-9-6-10(8-11(14)7-9)13(17)16-4-2-12(15)3-5-16/h6-8,12H,2-5H2,1H3. The van der Waals surface area contributed by atoms with Gasteiger partial charge in [-0.1, -0.05) is 15.9 Å². The lowest BCUT2D eigenvalue weighted by Crippen LogP contribution is -2.38. The number of nitrogens with zero attached hydrogens (tertiary/aromatic N) is 1. The van der Waals surface area contributed by atoms with Crippen molar-refractivity contribution in [3.63, 3.8) is 0 Å². The first-order valence-electron chi connectivity index (χ1n) is 5.77. The molecular weight excluding hydrogens is 302 g/mol. The van der Waals surface area contributed by atoms with Crippen molar-refractivity contribution >= 4 is 33.4 Å². The maximum absolute atomic E-state index is 12.3. The molecule has 0 aliphatic carbocycles. The highest BCUT2D eigenvalue weighted by molar-refractivity contribution is 9.10. The molecule has 4 heteroatoms. The molecule has 1 aliphatic heterocycles. The number of alkyl halides is 1. The third kappa shape index (κ3) is 3.23. The molecule has 2 nitrogen and oxygen atoms in total. The normalized spacial score (nSPS) is 17.2. The second kappa shape index (κ2) is 5.40. The van der Waals surface area contributed by atoms with Gasteiger partial charge in [0, 0.05) is 28.5 Å². The average Bonchev–Trinajstić information content (AvgIpc) is 2.28. The summed E-state index contributed by atoms with van der Waals surface area (Å²) < 4.78 is 0.952. The Kier molecular flexibility index (Phi) is 4.10. The number of rotatable bonds is 1. The van der Waals surface area contributed by atoms with Gasteiger partial charge in [-0.3, -0.25) is 4.79 Å². The van der Waals surface area contributed by atoms with Crippen molar-refractivity contribution in [3.05, 3.63) is 33.8 Å². The lowest BCUT2D eigenvalue weighted by molar-refractivity contribution is 0.0726. The van der Waals surface area contributed by atoms with Gasteiger partial charge in [0.2, 0.25) is 0 Å². The molecule has 0 radical (unpaired) electrons. The molecule has 1 fully saturated rings. The largest absolute Gasteiger partial charge is 0.339 e. The van der Waals surface area contributed by atoms with Gasteiger partial charge in [0.15, 0.2) is 0 Å².